The van der Waals surface area contributed by atoms with Gasteiger partial charge in [0.1, 0.15) is 30.1 Å². The summed E-state index contributed by atoms with van der Waals surface area (Å²) in [5.74, 6) is 0.834. The highest BCUT2D eigenvalue weighted by molar-refractivity contribution is 5.96. The van der Waals surface area contributed by atoms with Gasteiger partial charge >= 0.3 is 0 Å². The maximum absolute atomic E-state index is 13.8. The average molecular weight is 474 g/mol. The summed E-state index contributed by atoms with van der Waals surface area (Å²) in [6.45, 7) is 4.89. The topological polar surface area (TPSA) is 67.6 Å². The van der Waals surface area contributed by atoms with Gasteiger partial charge in [0.25, 0.3) is 0 Å². The van der Waals surface area contributed by atoms with E-state index in [1.54, 1.807) is 17.0 Å². The van der Waals surface area contributed by atoms with Gasteiger partial charge in [-0.25, -0.2) is 9.37 Å². The number of carbonyl (C=O) groups is 1. The van der Waals surface area contributed by atoms with Gasteiger partial charge in [-0.1, -0.05) is 24.3 Å². The van der Waals surface area contributed by atoms with Crippen molar-refractivity contribution in [2.45, 2.75) is 38.8 Å². The predicted octanol–water partition coefficient (Wildman–Crippen LogP) is 4.75. The van der Waals surface area contributed by atoms with Crippen LogP contribution in [-0.4, -0.2) is 39.8 Å². The molecule has 0 saturated carbocycles. The first-order valence-electron chi connectivity index (χ1n) is 11.8. The molecular formula is C28H28FN3O3. The van der Waals surface area contributed by atoms with Crippen LogP contribution in [0.25, 0.3) is 11.0 Å². The minimum Gasteiger partial charge on any atom is -0.491 e. The number of hydrogen-bond acceptors (Lipinski definition) is 4. The van der Waals surface area contributed by atoms with E-state index in [1.807, 2.05) is 60.9 Å². The lowest BCUT2D eigenvalue weighted by molar-refractivity contribution is -0.117. The van der Waals surface area contributed by atoms with E-state index in [0.717, 1.165) is 28.2 Å². The number of nitrogens with zero attached hydrogens (tertiary/aromatic N) is 3. The number of halogens is 1. The Labute approximate surface area is 203 Å². The molecule has 0 unspecified atom stereocenters. The third kappa shape index (κ3) is 4.77. The Morgan fingerprint density at radius 3 is 2.71 bits per heavy atom. The molecular weight excluding hydrogens is 445 g/mol. The number of carbonyl (C=O) groups excluding carboxylic acids is 1. The van der Waals surface area contributed by atoms with Crippen LogP contribution >= 0.6 is 0 Å². The lowest BCUT2D eigenvalue weighted by Gasteiger charge is -2.19. The Bertz CT molecular complexity index is 1380. The molecule has 6 nitrogen and oxygen atoms in total. The number of benzene rings is 3. The largest absolute Gasteiger partial charge is 0.491 e. The van der Waals surface area contributed by atoms with Gasteiger partial charge in [-0.15, -0.1) is 0 Å². The summed E-state index contributed by atoms with van der Waals surface area (Å²) in [6, 6.07) is 19.7. The Balaban J connectivity index is 1.37. The normalized spacial score (nSPS) is 16.7. The number of rotatable bonds is 7. The molecule has 1 fully saturated rings. The number of imidazole rings is 1. The first-order valence-corrected chi connectivity index (χ1v) is 11.8. The van der Waals surface area contributed by atoms with Crippen molar-refractivity contribution in [2.75, 3.05) is 18.1 Å². The van der Waals surface area contributed by atoms with Crippen molar-refractivity contribution in [3.05, 3.63) is 89.5 Å². The summed E-state index contributed by atoms with van der Waals surface area (Å²) in [5, 5.41) is 10.9. The number of fused-ring (bicyclic) bond motifs is 1. The lowest BCUT2D eigenvalue weighted by atomic mass is 10.1. The van der Waals surface area contributed by atoms with Crippen LogP contribution in [0.2, 0.25) is 0 Å². The maximum atomic E-state index is 13.8. The number of ether oxygens (including phenoxy) is 1. The fourth-order valence-electron chi connectivity index (χ4n) is 4.63. The van der Waals surface area contributed by atoms with Crippen LogP contribution in [0.5, 0.6) is 5.75 Å². The van der Waals surface area contributed by atoms with E-state index < -0.39 is 6.10 Å². The molecule has 0 spiro atoms. The highest BCUT2D eigenvalue weighted by Crippen LogP contribution is 2.33. The zero-order valence-corrected chi connectivity index (χ0v) is 19.8. The van der Waals surface area contributed by atoms with Crippen molar-refractivity contribution in [2.24, 2.45) is 0 Å². The van der Waals surface area contributed by atoms with Crippen molar-refractivity contribution in [3.63, 3.8) is 0 Å². The van der Waals surface area contributed by atoms with Gasteiger partial charge < -0.3 is 19.3 Å². The molecule has 0 aliphatic carbocycles. The molecule has 1 aliphatic heterocycles. The molecule has 0 radical (unpaired) electrons. The Morgan fingerprint density at radius 2 is 1.91 bits per heavy atom. The minimum absolute atomic E-state index is 0.0715. The van der Waals surface area contributed by atoms with Gasteiger partial charge in [0.2, 0.25) is 5.91 Å². The fourth-order valence-corrected chi connectivity index (χ4v) is 4.63. The van der Waals surface area contributed by atoms with E-state index in [4.69, 9.17) is 9.72 Å². The molecule has 1 N–H and O–H groups in total. The second-order valence-electron chi connectivity index (χ2n) is 9.17. The van der Waals surface area contributed by atoms with E-state index in [2.05, 4.69) is 0 Å². The molecule has 7 heteroatoms. The summed E-state index contributed by atoms with van der Waals surface area (Å²) >= 11 is 0. The summed E-state index contributed by atoms with van der Waals surface area (Å²) < 4.78 is 21.6. The average Bonchev–Trinajstić information content (AvgIpc) is 3.40. The van der Waals surface area contributed by atoms with Crippen LogP contribution in [0.4, 0.5) is 10.1 Å². The number of hydrogen-bond donors (Lipinski definition) is 1. The van der Waals surface area contributed by atoms with Crippen LogP contribution in [-0.2, 0) is 11.3 Å². The van der Waals surface area contributed by atoms with Gasteiger partial charge in [0.15, 0.2) is 0 Å². The number of aryl methyl sites for hydroxylation is 2. The van der Waals surface area contributed by atoms with Crippen molar-refractivity contribution in [3.8, 4) is 5.75 Å². The van der Waals surface area contributed by atoms with Crippen molar-refractivity contribution in [1.82, 2.24) is 9.55 Å². The molecule has 1 aromatic heterocycles. The maximum Gasteiger partial charge on any atom is 0.227 e. The summed E-state index contributed by atoms with van der Waals surface area (Å²) in [4.78, 5) is 19.3. The second kappa shape index (κ2) is 9.50. The van der Waals surface area contributed by atoms with Crippen molar-refractivity contribution < 1.29 is 19.0 Å². The quantitative estimate of drug-likeness (QED) is 0.421. The fraction of sp³-hybridized carbons (Fsp3) is 0.286. The van der Waals surface area contributed by atoms with Crippen LogP contribution in [0.3, 0.4) is 0 Å². The third-order valence-corrected chi connectivity index (χ3v) is 6.61. The number of para-hydroxylation sites is 2. The Kier molecular flexibility index (Phi) is 6.26. The van der Waals surface area contributed by atoms with Gasteiger partial charge in [-0.05, 0) is 67.4 Å². The summed E-state index contributed by atoms with van der Waals surface area (Å²) in [7, 11) is 0. The van der Waals surface area contributed by atoms with E-state index in [-0.39, 0.29) is 37.2 Å². The minimum atomic E-state index is -0.774. The molecule has 2 heterocycles. The van der Waals surface area contributed by atoms with Gasteiger partial charge in [0, 0.05) is 24.6 Å². The number of aliphatic hydroxyl groups excluding tert-OH is 1. The van der Waals surface area contributed by atoms with Crippen LogP contribution < -0.4 is 9.64 Å². The molecule has 4 aromatic rings. The van der Waals surface area contributed by atoms with Crippen LogP contribution in [0.1, 0.15) is 29.3 Å². The van der Waals surface area contributed by atoms with Gasteiger partial charge in [0.05, 0.1) is 17.6 Å². The van der Waals surface area contributed by atoms with Crippen molar-refractivity contribution in [1.29, 1.82) is 0 Å². The molecule has 5 rings (SSSR count). The van der Waals surface area contributed by atoms with E-state index >= 15 is 0 Å². The van der Waals surface area contributed by atoms with E-state index in [0.29, 0.717) is 12.2 Å². The standard InChI is InChI=1S/C28H28FN3O3/c1-18-10-11-24(12-19(18)2)35-17-23(33)16-32-26-9-4-3-8-25(26)30-28(32)20-13-27(34)31(15-20)22-7-5-6-21(29)14-22/h3-12,14,20,23,33H,13,15-17H2,1-2H3/t20-,23-/m1/s1. The highest BCUT2D eigenvalue weighted by atomic mass is 19.1. The van der Waals surface area contributed by atoms with Crippen LogP contribution in [0, 0.1) is 19.7 Å². The van der Waals surface area contributed by atoms with Gasteiger partial charge in [-0.3, -0.25) is 4.79 Å². The Morgan fingerprint density at radius 1 is 1.09 bits per heavy atom. The number of aliphatic hydroxyl groups is 1. The molecule has 3 aromatic carbocycles. The smallest absolute Gasteiger partial charge is 0.227 e. The predicted molar refractivity (Wildman–Crippen MR) is 133 cm³/mol. The molecule has 1 aliphatic rings. The van der Waals surface area contributed by atoms with Crippen LogP contribution in [0.15, 0.2) is 66.7 Å². The van der Waals surface area contributed by atoms with Crippen molar-refractivity contribution >= 4 is 22.6 Å². The number of anilines is 1. The second-order valence-corrected chi connectivity index (χ2v) is 9.17. The Hall–Kier alpha value is -3.71. The first kappa shape index (κ1) is 23.1. The summed E-state index contributed by atoms with van der Waals surface area (Å²) in [6.07, 6.45) is -0.501. The SMILES string of the molecule is Cc1ccc(OC[C@H](O)Cn2c([C@@H]3CC(=O)N(c4cccc(F)c4)C3)nc3ccccc32)cc1C. The number of aromatic nitrogens is 2. The van der Waals surface area contributed by atoms with E-state index in [9.17, 15) is 14.3 Å². The first-order chi connectivity index (χ1) is 16.9. The molecule has 1 saturated heterocycles. The molecule has 2 atom stereocenters. The van der Waals surface area contributed by atoms with E-state index in [1.165, 1.54) is 17.7 Å². The molecule has 35 heavy (non-hydrogen) atoms. The molecule has 180 valence electrons. The molecule has 0 bridgehead atoms. The summed E-state index contributed by atoms with van der Waals surface area (Å²) in [5.41, 5.74) is 4.56. The highest BCUT2D eigenvalue weighted by Gasteiger charge is 2.35. The molecule has 1 amide bonds. The van der Waals surface area contributed by atoms with Gasteiger partial charge in [-0.2, -0.15) is 0 Å². The third-order valence-electron chi connectivity index (χ3n) is 6.61. The monoisotopic (exact) mass is 473 g/mol. The number of amides is 1. The lowest BCUT2D eigenvalue weighted by Crippen LogP contribution is -2.26. The zero-order chi connectivity index (χ0) is 24.5. The zero-order valence-electron chi connectivity index (χ0n) is 19.8.